The molecule has 2 aliphatic rings. The van der Waals surface area contributed by atoms with Gasteiger partial charge in [-0.1, -0.05) is 36.4 Å². The molecule has 0 bridgehead atoms. The lowest BCUT2D eigenvalue weighted by atomic mass is 10.00. The highest BCUT2D eigenvalue weighted by Gasteiger charge is 2.27. The molecular formula is C34H37N5O4. The summed E-state index contributed by atoms with van der Waals surface area (Å²) in [5.74, 6) is -0.322. The molecule has 0 radical (unpaired) electrons. The van der Waals surface area contributed by atoms with Gasteiger partial charge in [0.05, 0.1) is 35.2 Å². The first-order valence-corrected chi connectivity index (χ1v) is 14.8. The monoisotopic (exact) mass is 579 g/mol. The lowest BCUT2D eigenvalue weighted by Gasteiger charge is -2.32. The molecule has 9 nitrogen and oxygen atoms in total. The van der Waals surface area contributed by atoms with Gasteiger partial charge < -0.3 is 24.6 Å². The first-order valence-electron chi connectivity index (χ1n) is 14.8. The zero-order valence-corrected chi connectivity index (χ0v) is 24.8. The van der Waals surface area contributed by atoms with Gasteiger partial charge >= 0.3 is 5.97 Å². The fourth-order valence-corrected chi connectivity index (χ4v) is 5.82. The summed E-state index contributed by atoms with van der Waals surface area (Å²) in [6, 6.07) is 20.9. The number of carbonyl (C=O) groups excluding carboxylic acids is 2. The molecule has 0 spiro atoms. The number of nitrogens with one attached hydrogen (secondary N) is 1. The van der Waals surface area contributed by atoms with Gasteiger partial charge in [0.25, 0.3) is 0 Å². The molecule has 0 atom stereocenters. The summed E-state index contributed by atoms with van der Waals surface area (Å²) in [4.78, 5) is 40.2. The number of nitrogens with zero attached hydrogens (tertiary/aromatic N) is 4. The Morgan fingerprint density at radius 1 is 0.953 bits per heavy atom. The molecule has 0 saturated carbocycles. The number of aromatic amines is 1. The zero-order chi connectivity index (χ0) is 30.1. The molecule has 3 aromatic carbocycles. The number of rotatable bonds is 7. The molecule has 1 aromatic heterocycles. The standard InChI is InChI=1S/C34H37N5O4/c1-22(2)43-34(42)25-9-11-27-28(20-25)36-33(41)31(27)32(23-7-5-4-6-8-23)35-26-10-12-29-24(19-26)13-14-39(29)30(40)21-38-17-15-37(3)16-18-38/h4-12,19-20,22,36,41H,13-18,21H2,1-3H3. The van der Waals surface area contributed by atoms with Crippen LogP contribution in [0.5, 0.6) is 5.88 Å². The second-order valence-corrected chi connectivity index (χ2v) is 11.6. The smallest absolute Gasteiger partial charge is 0.338 e. The number of H-pyrrole nitrogens is 1. The Hall–Kier alpha value is -4.47. The quantitative estimate of drug-likeness (QED) is 0.242. The molecule has 2 N–H and O–H groups in total. The first-order chi connectivity index (χ1) is 20.8. The van der Waals surface area contributed by atoms with Crippen molar-refractivity contribution in [3.8, 4) is 5.88 Å². The summed E-state index contributed by atoms with van der Waals surface area (Å²) < 4.78 is 5.35. The number of benzene rings is 3. The number of esters is 1. The maximum absolute atomic E-state index is 13.2. The molecule has 1 amide bonds. The van der Waals surface area contributed by atoms with Crippen molar-refractivity contribution in [2.75, 3.05) is 51.2 Å². The van der Waals surface area contributed by atoms with E-state index in [1.165, 1.54) is 0 Å². The van der Waals surface area contributed by atoms with Crippen LogP contribution in [0.15, 0.2) is 71.7 Å². The van der Waals surface area contributed by atoms with Crippen molar-refractivity contribution in [1.29, 1.82) is 0 Å². The SMILES string of the molecule is CC(C)OC(=O)c1ccc2c(C(=Nc3ccc4c(c3)CCN4C(=O)CN3CCN(C)CC3)c3ccccc3)c(O)[nH]c2c1. The normalized spacial score (nSPS) is 16.2. The molecule has 9 heteroatoms. The Bertz CT molecular complexity index is 1690. The number of aromatic nitrogens is 1. The highest BCUT2D eigenvalue weighted by atomic mass is 16.5. The Labute approximate surface area is 251 Å². The third-order valence-electron chi connectivity index (χ3n) is 8.10. The van der Waals surface area contributed by atoms with Gasteiger partial charge in [0.2, 0.25) is 5.91 Å². The van der Waals surface area contributed by atoms with Crippen molar-refractivity contribution in [1.82, 2.24) is 14.8 Å². The third kappa shape index (κ3) is 6.04. The van der Waals surface area contributed by atoms with Gasteiger partial charge in [-0.25, -0.2) is 9.79 Å². The van der Waals surface area contributed by atoms with Crippen LogP contribution < -0.4 is 4.90 Å². The number of amides is 1. The topological polar surface area (TPSA) is 101 Å². The van der Waals surface area contributed by atoms with E-state index in [2.05, 4.69) is 21.8 Å². The molecule has 1 saturated heterocycles. The number of anilines is 1. The minimum atomic E-state index is -0.418. The van der Waals surface area contributed by atoms with Crippen LogP contribution in [0.2, 0.25) is 0 Å². The van der Waals surface area contributed by atoms with Crippen LogP contribution in [0.4, 0.5) is 11.4 Å². The van der Waals surface area contributed by atoms with Gasteiger partial charge in [-0.05, 0) is 63.2 Å². The van der Waals surface area contributed by atoms with E-state index in [1.807, 2.05) is 59.5 Å². The van der Waals surface area contributed by atoms with Gasteiger partial charge in [0, 0.05) is 54.9 Å². The van der Waals surface area contributed by atoms with Crippen LogP contribution in [0.3, 0.4) is 0 Å². The van der Waals surface area contributed by atoms with Crippen LogP contribution >= 0.6 is 0 Å². The molecule has 0 unspecified atom stereocenters. The Kier molecular flexibility index (Phi) is 8.01. The predicted octanol–water partition coefficient (Wildman–Crippen LogP) is 4.74. The van der Waals surface area contributed by atoms with Crippen molar-refractivity contribution in [3.05, 3.63) is 89.0 Å². The van der Waals surface area contributed by atoms with Crippen molar-refractivity contribution >= 4 is 39.9 Å². The van der Waals surface area contributed by atoms with Crippen molar-refractivity contribution < 1.29 is 19.4 Å². The maximum atomic E-state index is 13.2. The Balaban J connectivity index is 1.32. The van der Waals surface area contributed by atoms with Crippen molar-refractivity contribution in [2.45, 2.75) is 26.4 Å². The Morgan fingerprint density at radius 3 is 2.47 bits per heavy atom. The van der Waals surface area contributed by atoms with E-state index in [4.69, 9.17) is 9.73 Å². The number of carbonyl (C=O) groups is 2. The number of aliphatic imine (C=N–C) groups is 1. The predicted molar refractivity (Wildman–Crippen MR) is 169 cm³/mol. The molecule has 222 valence electrons. The lowest BCUT2D eigenvalue weighted by Crippen LogP contribution is -2.48. The summed E-state index contributed by atoms with van der Waals surface area (Å²) in [5, 5.41) is 11.9. The number of hydrogen-bond acceptors (Lipinski definition) is 7. The van der Waals surface area contributed by atoms with E-state index in [1.54, 1.807) is 26.0 Å². The maximum Gasteiger partial charge on any atom is 0.338 e. The average Bonchev–Trinajstić information content (AvgIpc) is 3.56. The summed E-state index contributed by atoms with van der Waals surface area (Å²) in [6.45, 7) is 8.47. The number of ether oxygens (including phenoxy) is 1. The van der Waals surface area contributed by atoms with Crippen LogP contribution in [0.1, 0.15) is 40.9 Å². The fraction of sp³-hybridized carbons (Fsp3) is 0.324. The Morgan fingerprint density at radius 2 is 1.72 bits per heavy atom. The second-order valence-electron chi connectivity index (χ2n) is 11.6. The summed E-state index contributed by atoms with van der Waals surface area (Å²) in [5.41, 5.74) is 5.75. The number of piperazine rings is 1. The van der Waals surface area contributed by atoms with Gasteiger partial charge in [-0.2, -0.15) is 0 Å². The van der Waals surface area contributed by atoms with Gasteiger partial charge in [-0.15, -0.1) is 0 Å². The number of hydrogen-bond donors (Lipinski definition) is 2. The van der Waals surface area contributed by atoms with Crippen molar-refractivity contribution in [3.63, 3.8) is 0 Å². The van der Waals surface area contributed by atoms with Gasteiger partial charge in [0.1, 0.15) is 0 Å². The van der Waals surface area contributed by atoms with E-state index >= 15 is 0 Å². The molecule has 43 heavy (non-hydrogen) atoms. The van der Waals surface area contributed by atoms with Crippen LogP contribution in [0.25, 0.3) is 10.9 Å². The lowest BCUT2D eigenvalue weighted by molar-refractivity contribution is -0.120. The first kappa shape index (κ1) is 28.6. The molecular weight excluding hydrogens is 542 g/mol. The number of fused-ring (bicyclic) bond motifs is 2. The molecule has 6 rings (SSSR count). The molecule has 2 aliphatic heterocycles. The van der Waals surface area contributed by atoms with Crippen molar-refractivity contribution in [2.24, 2.45) is 4.99 Å². The molecule has 0 aliphatic carbocycles. The van der Waals surface area contributed by atoms with E-state index in [-0.39, 0.29) is 17.9 Å². The van der Waals surface area contributed by atoms with E-state index in [0.717, 1.165) is 60.5 Å². The molecule has 1 fully saturated rings. The molecule has 4 aromatic rings. The number of likely N-dealkylation sites (N-methyl/N-ethyl adjacent to an activating group) is 1. The minimum absolute atomic E-state index is 0.0335. The van der Waals surface area contributed by atoms with Gasteiger partial charge in [0.15, 0.2) is 5.88 Å². The number of aromatic hydroxyl groups is 1. The molecule has 3 heterocycles. The van der Waals surface area contributed by atoms with Crippen LogP contribution in [0, 0.1) is 0 Å². The van der Waals surface area contributed by atoms with Crippen LogP contribution in [-0.4, -0.2) is 89.9 Å². The highest BCUT2D eigenvalue weighted by Crippen LogP contribution is 2.35. The third-order valence-corrected chi connectivity index (χ3v) is 8.10. The van der Waals surface area contributed by atoms with E-state index < -0.39 is 5.97 Å². The summed E-state index contributed by atoms with van der Waals surface area (Å²) in [6.07, 6.45) is 0.531. The second kappa shape index (κ2) is 12.0. The van der Waals surface area contributed by atoms with Crippen LogP contribution in [-0.2, 0) is 16.0 Å². The summed E-state index contributed by atoms with van der Waals surface area (Å²) >= 11 is 0. The fourth-order valence-electron chi connectivity index (χ4n) is 5.82. The largest absolute Gasteiger partial charge is 0.494 e. The summed E-state index contributed by atoms with van der Waals surface area (Å²) in [7, 11) is 2.11. The van der Waals surface area contributed by atoms with E-state index in [9.17, 15) is 14.7 Å². The van der Waals surface area contributed by atoms with Gasteiger partial charge in [-0.3, -0.25) is 9.69 Å². The highest BCUT2D eigenvalue weighted by molar-refractivity contribution is 6.22. The average molecular weight is 580 g/mol. The zero-order valence-electron chi connectivity index (χ0n) is 24.8. The minimum Gasteiger partial charge on any atom is -0.494 e. The van der Waals surface area contributed by atoms with E-state index in [0.29, 0.717) is 35.4 Å².